The van der Waals surface area contributed by atoms with Gasteiger partial charge in [-0.3, -0.25) is 4.79 Å². The highest BCUT2D eigenvalue weighted by atomic mass is 32.2. The molecule has 1 aliphatic rings. The summed E-state index contributed by atoms with van der Waals surface area (Å²) < 4.78 is 25.9. The van der Waals surface area contributed by atoms with E-state index in [-0.39, 0.29) is 11.7 Å². The lowest BCUT2D eigenvalue weighted by atomic mass is 10.1. The van der Waals surface area contributed by atoms with Crippen molar-refractivity contribution in [2.45, 2.75) is 25.5 Å². The maximum absolute atomic E-state index is 12.2. The molecule has 6 heteroatoms. The zero-order chi connectivity index (χ0) is 14.6. The number of hydrogen-bond donors (Lipinski definition) is 1. The van der Waals surface area contributed by atoms with Gasteiger partial charge in [0.05, 0.1) is 5.75 Å². The van der Waals surface area contributed by atoms with Crippen LogP contribution in [0.25, 0.3) is 0 Å². The molecule has 2 rings (SSSR count). The van der Waals surface area contributed by atoms with E-state index in [0.29, 0.717) is 30.8 Å². The van der Waals surface area contributed by atoms with Crippen molar-refractivity contribution in [1.29, 1.82) is 0 Å². The second-order valence-electron chi connectivity index (χ2n) is 4.92. The van der Waals surface area contributed by atoms with Gasteiger partial charge in [0.2, 0.25) is 10.0 Å². The lowest BCUT2D eigenvalue weighted by Crippen LogP contribution is -2.29. The highest BCUT2D eigenvalue weighted by Crippen LogP contribution is 2.17. The third-order valence-corrected chi connectivity index (χ3v) is 5.21. The van der Waals surface area contributed by atoms with E-state index in [1.807, 2.05) is 6.92 Å². The van der Waals surface area contributed by atoms with Crippen LogP contribution >= 0.6 is 0 Å². The van der Waals surface area contributed by atoms with Gasteiger partial charge in [0.15, 0.2) is 0 Å². The van der Waals surface area contributed by atoms with Crippen LogP contribution in [0.4, 0.5) is 0 Å². The summed E-state index contributed by atoms with van der Waals surface area (Å²) in [7, 11) is -3.22. The third kappa shape index (κ3) is 3.58. The lowest BCUT2D eigenvalue weighted by molar-refractivity contribution is 0.0956. The first-order chi connectivity index (χ1) is 9.53. The van der Waals surface area contributed by atoms with Crippen LogP contribution in [0.5, 0.6) is 0 Å². The minimum absolute atomic E-state index is 0.00266. The van der Waals surface area contributed by atoms with Gasteiger partial charge < -0.3 is 5.32 Å². The SMILES string of the molecule is CCNC(=O)c1ccc(CS(=O)(=O)N2CCCC2)cc1. The molecule has 0 unspecified atom stereocenters. The fourth-order valence-electron chi connectivity index (χ4n) is 2.28. The molecular weight excluding hydrogens is 276 g/mol. The summed E-state index contributed by atoms with van der Waals surface area (Å²) in [6, 6.07) is 6.75. The van der Waals surface area contributed by atoms with Crippen molar-refractivity contribution in [3.8, 4) is 0 Å². The summed E-state index contributed by atoms with van der Waals surface area (Å²) in [5.74, 6) is -0.135. The molecule has 0 bridgehead atoms. The van der Waals surface area contributed by atoms with E-state index in [1.165, 1.54) is 0 Å². The molecule has 1 N–H and O–H groups in total. The van der Waals surface area contributed by atoms with E-state index in [0.717, 1.165) is 12.8 Å². The number of amides is 1. The first-order valence-electron chi connectivity index (χ1n) is 6.88. The first kappa shape index (κ1) is 15.0. The van der Waals surface area contributed by atoms with Gasteiger partial charge in [0, 0.05) is 25.2 Å². The maximum Gasteiger partial charge on any atom is 0.251 e. The van der Waals surface area contributed by atoms with Crippen LogP contribution in [-0.4, -0.2) is 38.3 Å². The van der Waals surface area contributed by atoms with E-state index in [1.54, 1.807) is 28.6 Å². The van der Waals surface area contributed by atoms with Crippen molar-refractivity contribution >= 4 is 15.9 Å². The summed E-state index contributed by atoms with van der Waals surface area (Å²) in [6.07, 6.45) is 1.88. The molecule has 1 amide bonds. The summed E-state index contributed by atoms with van der Waals surface area (Å²) in [6.45, 7) is 3.68. The Labute approximate surface area is 120 Å². The summed E-state index contributed by atoms with van der Waals surface area (Å²) in [5.41, 5.74) is 1.26. The van der Waals surface area contributed by atoms with Crippen LogP contribution in [0.1, 0.15) is 35.7 Å². The zero-order valence-corrected chi connectivity index (χ0v) is 12.4. The molecule has 20 heavy (non-hydrogen) atoms. The number of nitrogens with zero attached hydrogens (tertiary/aromatic N) is 1. The molecule has 0 aromatic heterocycles. The van der Waals surface area contributed by atoms with Crippen LogP contribution < -0.4 is 5.32 Å². The van der Waals surface area contributed by atoms with Crippen LogP contribution in [-0.2, 0) is 15.8 Å². The van der Waals surface area contributed by atoms with Crippen molar-refractivity contribution in [1.82, 2.24) is 9.62 Å². The number of sulfonamides is 1. The Balaban J connectivity index is 2.05. The molecule has 1 aromatic carbocycles. The molecule has 0 radical (unpaired) electrons. The van der Waals surface area contributed by atoms with E-state index < -0.39 is 10.0 Å². The molecule has 1 heterocycles. The number of carbonyl (C=O) groups is 1. The normalized spacial score (nSPS) is 16.2. The van der Waals surface area contributed by atoms with Crippen molar-refractivity contribution in [3.05, 3.63) is 35.4 Å². The average molecular weight is 296 g/mol. The predicted molar refractivity (Wildman–Crippen MR) is 77.9 cm³/mol. The van der Waals surface area contributed by atoms with E-state index in [9.17, 15) is 13.2 Å². The fraction of sp³-hybridized carbons (Fsp3) is 0.500. The molecule has 0 atom stereocenters. The molecule has 1 aromatic rings. The van der Waals surface area contributed by atoms with E-state index >= 15 is 0 Å². The van der Waals surface area contributed by atoms with Crippen LogP contribution in [0.3, 0.4) is 0 Å². The van der Waals surface area contributed by atoms with Gasteiger partial charge in [-0.05, 0) is 37.5 Å². The van der Waals surface area contributed by atoms with Crippen molar-refractivity contribution in [2.75, 3.05) is 19.6 Å². The Bertz CT molecular complexity index is 561. The zero-order valence-electron chi connectivity index (χ0n) is 11.6. The van der Waals surface area contributed by atoms with Crippen LogP contribution in [0.15, 0.2) is 24.3 Å². The molecule has 1 saturated heterocycles. The monoisotopic (exact) mass is 296 g/mol. The predicted octanol–water partition coefficient (Wildman–Crippen LogP) is 1.36. The van der Waals surface area contributed by atoms with Crippen LogP contribution in [0.2, 0.25) is 0 Å². The number of carbonyl (C=O) groups excluding carboxylic acids is 1. The van der Waals surface area contributed by atoms with Crippen molar-refractivity contribution < 1.29 is 13.2 Å². The van der Waals surface area contributed by atoms with Gasteiger partial charge in [-0.25, -0.2) is 12.7 Å². The fourth-order valence-corrected chi connectivity index (χ4v) is 3.89. The largest absolute Gasteiger partial charge is 0.352 e. The summed E-state index contributed by atoms with van der Waals surface area (Å²) in [5, 5.41) is 2.71. The highest BCUT2D eigenvalue weighted by molar-refractivity contribution is 7.88. The molecule has 1 aliphatic heterocycles. The molecule has 5 nitrogen and oxygen atoms in total. The van der Waals surface area contributed by atoms with Gasteiger partial charge in [-0.15, -0.1) is 0 Å². The van der Waals surface area contributed by atoms with E-state index in [2.05, 4.69) is 5.32 Å². The Morgan fingerprint density at radius 3 is 2.35 bits per heavy atom. The van der Waals surface area contributed by atoms with Crippen molar-refractivity contribution in [2.24, 2.45) is 0 Å². The molecule has 0 saturated carbocycles. The molecule has 0 aliphatic carbocycles. The second kappa shape index (κ2) is 6.37. The maximum atomic E-state index is 12.2. The van der Waals surface area contributed by atoms with Gasteiger partial charge in [0.1, 0.15) is 0 Å². The van der Waals surface area contributed by atoms with Gasteiger partial charge in [-0.1, -0.05) is 12.1 Å². The Morgan fingerprint density at radius 2 is 1.80 bits per heavy atom. The average Bonchev–Trinajstić information content (AvgIpc) is 2.94. The molecular formula is C14H20N2O3S. The number of nitrogens with one attached hydrogen (secondary N) is 1. The minimum Gasteiger partial charge on any atom is -0.352 e. The Hall–Kier alpha value is -1.40. The van der Waals surface area contributed by atoms with Gasteiger partial charge >= 0.3 is 0 Å². The van der Waals surface area contributed by atoms with Crippen molar-refractivity contribution in [3.63, 3.8) is 0 Å². The minimum atomic E-state index is -3.22. The van der Waals surface area contributed by atoms with Gasteiger partial charge in [0.25, 0.3) is 5.91 Å². The number of rotatable bonds is 5. The van der Waals surface area contributed by atoms with E-state index in [4.69, 9.17) is 0 Å². The number of hydrogen-bond acceptors (Lipinski definition) is 3. The number of benzene rings is 1. The third-order valence-electron chi connectivity index (χ3n) is 3.36. The molecule has 1 fully saturated rings. The first-order valence-corrected chi connectivity index (χ1v) is 8.49. The quantitative estimate of drug-likeness (QED) is 0.892. The molecule has 110 valence electrons. The standard InChI is InChI=1S/C14H20N2O3S/c1-2-15-14(17)13-7-5-12(6-8-13)11-20(18,19)16-9-3-4-10-16/h5-8H,2-4,9-11H2,1H3,(H,15,17). The Kier molecular flexibility index (Phi) is 4.77. The second-order valence-corrected chi connectivity index (χ2v) is 6.89. The highest BCUT2D eigenvalue weighted by Gasteiger charge is 2.25. The lowest BCUT2D eigenvalue weighted by Gasteiger charge is -2.15. The summed E-state index contributed by atoms with van der Waals surface area (Å²) >= 11 is 0. The summed E-state index contributed by atoms with van der Waals surface area (Å²) in [4.78, 5) is 11.6. The smallest absolute Gasteiger partial charge is 0.251 e. The van der Waals surface area contributed by atoms with Gasteiger partial charge in [-0.2, -0.15) is 0 Å². The van der Waals surface area contributed by atoms with Crippen LogP contribution in [0, 0.1) is 0 Å². The Morgan fingerprint density at radius 1 is 1.20 bits per heavy atom. The molecule has 0 spiro atoms. The topological polar surface area (TPSA) is 66.5 Å².